The van der Waals surface area contributed by atoms with Crippen LogP contribution in [0.4, 0.5) is 5.69 Å². The number of carbonyl (C=O) groups is 1. The van der Waals surface area contributed by atoms with E-state index >= 15 is 0 Å². The molecular weight excluding hydrogens is 444 g/mol. The number of anilines is 1. The van der Waals surface area contributed by atoms with Crippen LogP contribution >= 0.6 is 27.5 Å². The van der Waals surface area contributed by atoms with E-state index < -0.39 is 6.10 Å². The highest BCUT2D eigenvalue weighted by molar-refractivity contribution is 9.18. The Hall–Kier alpha value is -2.64. The number of halogens is 2. The van der Waals surface area contributed by atoms with Crippen molar-refractivity contribution in [3.8, 4) is 0 Å². The van der Waals surface area contributed by atoms with Crippen molar-refractivity contribution < 1.29 is 9.63 Å². The van der Waals surface area contributed by atoms with Crippen molar-refractivity contribution >= 4 is 66.9 Å². The van der Waals surface area contributed by atoms with Gasteiger partial charge in [-0.1, -0.05) is 41.0 Å². The van der Waals surface area contributed by atoms with E-state index in [4.69, 9.17) is 16.4 Å². The summed E-state index contributed by atoms with van der Waals surface area (Å²) in [7, 11) is 1.94. The monoisotopic (exact) mass is 458 g/mol. The van der Waals surface area contributed by atoms with Crippen molar-refractivity contribution in [2.75, 3.05) is 5.32 Å². The topological polar surface area (TPSA) is 68.5 Å². The summed E-state index contributed by atoms with van der Waals surface area (Å²) in [6.07, 6.45) is 7.45. The summed E-state index contributed by atoms with van der Waals surface area (Å²) in [6.45, 7) is 0. The predicted molar refractivity (Wildman–Crippen MR) is 116 cm³/mol. The first-order chi connectivity index (χ1) is 13.5. The Balaban J connectivity index is 1.58. The zero-order valence-electron chi connectivity index (χ0n) is 14.9. The Labute approximate surface area is 175 Å². The number of oxime groups is 1. The number of hydrogen-bond acceptors (Lipinski definition) is 4. The van der Waals surface area contributed by atoms with E-state index in [1.165, 1.54) is 0 Å². The van der Waals surface area contributed by atoms with Crippen molar-refractivity contribution in [3.05, 3.63) is 58.9 Å². The van der Waals surface area contributed by atoms with E-state index in [1.807, 2.05) is 60.3 Å². The molecule has 0 fully saturated rings. The van der Waals surface area contributed by atoms with Gasteiger partial charge in [0.1, 0.15) is 10.3 Å². The smallest absolute Gasteiger partial charge is 0.268 e. The van der Waals surface area contributed by atoms with Crippen LogP contribution in [-0.2, 0) is 16.7 Å². The average Bonchev–Trinajstić information content (AvgIpc) is 3.25. The number of rotatable bonds is 4. The first-order valence-corrected chi connectivity index (χ1v) is 9.74. The van der Waals surface area contributed by atoms with Gasteiger partial charge < -0.3 is 14.7 Å². The molecule has 1 atom stereocenters. The molecule has 0 saturated carbocycles. The summed E-state index contributed by atoms with van der Waals surface area (Å²) in [5.74, 6) is -0.256. The van der Waals surface area contributed by atoms with Crippen LogP contribution in [0, 0.1) is 0 Å². The van der Waals surface area contributed by atoms with Gasteiger partial charge in [0, 0.05) is 35.6 Å². The van der Waals surface area contributed by atoms with Crippen LogP contribution in [0.1, 0.15) is 17.5 Å². The van der Waals surface area contributed by atoms with Crippen LogP contribution in [0.25, 0.3) is 23.2 Å². The minimum absolute atomic E-state index is 0.256. The maximum atomic E-state index is 12.3. The zero-order valence-corrected chi connectivity index (χ0v) is 17.2. The Bertz CT molecular complexity index is 1110. The van der Waals surface area contributed by atoms with Gasteiger partial charge in [-0.2, -0.15) is 0 Å². The molecule has 1 unspecified atom stereocenters. The Morgan fingerprint density at radius 2 is 2.14 bits per heavy atom. The molecular formula is C20H16BrClN4O2. The molecule has 1 amide bonds. The third-order valence-corrected chi connectivity index (χ3v) is 5.08. The molecule has 1 N–H and O–H groups in total. The third-order valence-electron chi connectivity index (χ3n) is 4.36. The summed E-state index contributed by atoms with van der Waals surface area (Å²) in [5, 5.41) is 8.23. The van der Waals surface area contributed by atoms with Crippen molar-refractivity contribution in [2.24, 2.45) is 12.2 Å². The number of nitrogens with zero attached hydrogens (tertiary/aromatic N) is 3. The molecule has 6 nitrogen and oxygen atoms in total. The van der Waals surface area contributed by atoms with Gasteiger partial charge in [0.15, 0.2) is 0 Å². The van der Waals surface area contributed by atoms with Gasteiger partial charge >= 0.3 is 0 Å². The lowest BCUT2D eigenvalue weighted by molar-refractivity contribution is -0.125. The zero-order chi connectivity index (χ0) is 19.7. The van der Waals surface area contributed by atoms with Crippen molar-refractivity contribution in [3.63, 3.8) is 0 Å². The van der Waals surface area contributed by atoms with Crippen LogP contribution in [0.3, 0.4) is 0 Å². The van der Waals surface area contributed by atoms with Gasteiger partial charge in [0.25, 0.3) is 5.91 Å². The van der Waals surface area contributed by atoms with Crippen LogP contribution in [-0.4, -0.2) is 26.2 Å². The van der Waals surface area contributed by atoms with Gasteiger partial charge in [-0.3, -0.25) is 4.79 Å². The van der Waals surface area contributed by atoms with E-state index in [0.29, 0.717) is 21.8 Å². The molecule has 28 heavy (non-hydrogen) atoms. The highest BCUT2D eigenvalue weighted by atomic mass is 79.9. The molecule has 8 heteroatoms. The standard InChI is InChI=1S/C20H16BrClN4O2/c1-26-11-13(5-2-12-3-6-14(22)7-4-12)16-8-15(10-23-19(16)26)24-20(27)17-9-18(21)25-28-17/h2-8,10-11,17H,9H2,1H3,(H,24,27)/b5-2+. The van der Waals surface area contributed by atoms with E-state index in [0.717, 1.165) is 22.2 Å². The molecule has 1 aliphatic rings. The summed E-state index contributed by atoms with van der Waals surface area (Å²) < 4.78 is 2.58. The maximum absolute atomic E-state index is 12.3. The van der Waals surface area contributed by atoms with E-state index in [1.54, 1.807) is 6.20 Å². The molecule has 4 rings (SSSR count). The van der Waals surface area contributed by atoms with Crippen LogP contribution in [0.2, 0.25) is 5.02 Å². The largest absolute Gasteiger partial charge is 0.381 e. The fourth-order valence-electron chi connectivity index (χ4n) is 2.96. The first kappa shape index (κ1) is 18.7. The Kier molecular flexibility index (Phi) is 5.19. The van der Waals surface area contributed by atoms with Crippen LogP contribution < -0.4 is 5.32 Å². The van der Waals surface area contributed by atoms with E-state index in [2.05, 4.69) is 31.4 Å². The number of fused-ring (bicyclic) bond motifs is 1. The highest BCUT2D eigenvalue weighted by Crippen LogP contribution is 2.25. The van der Waals surface area contributed by atoms with Gasteiger partial charge in [-0.25, -0.2) is 4.98 Å². The highest BCUT2D eigenvalue weighted by Gasteiger charge is 2.27. The molecule has 142 valence electrons. The number of aryl methyl sites for hydroxylation is 1. The second-order valence-corrected chi connectivity index (χ2v) is 7.78. The molecule has 0 saturated heterocycles. The quantitative estimate of drug-likeness (QED) is 0.607. The number of pyridine rings is 1. The summed E-state index contributed by atoms with van der Waals surface area (Å²) in [6, 6.07) is 9.53. The normalized spacial score (nSPS) is 16.4. The summed E-state index contributed by atoms with van der Waals surface area (Å²) >= 11 is 9.17. The van der Waals surface area contributed by atoms with E-state index in [9.17, 15) is 4.79 Å². The average molecular weight is 460 g/mol. The lowest BCUT2D eigenvalue weighted by Crippen LogP contribution is -2.27. The van der Waals surface area contributed by atoms with Gasteiger partial charge in [-0.05, 0) is 39.7 Å². The van der Waals surface area contributed by atoms with Crippen molar-refractivity contribution in [1.82, 2.24) is 9.55 Å². The fourth-order valence-corrected chi connectivity index (χ4v) is 3.47. The van der Waals surface area contributed by atoms with Crippen molar-refractivity contribution in [1.29, 1.82) is 0 Å². The molecule has 0 spiro atoms. The lowest BCUT2D eigenvalue weighted by atomic mass is 10.1. The molecule has 0 bridgehead atoms. The molecule has 3 heterocycles. The maximum Gasteiger partial charge on any atom is 0.268 e. The number of amides is 1. The predicted octanol–water partition coefficient (Wildman–Crippen LogP) is 4.83. The van der Waals surface area contributed by atoms with Gasteiger partial charge in [0.05, 0.1) is 11.9 Å². The molecule has 2 aromatic heterocycles. The minimum atomic E-state index is -0.634. The van der Waals surface area contributed by atoms with Crippen LogP contribution in [0.15, 0.2) is 47.9 Å². The Morgan fingerprint density at radius 1 is 1.36 bits per heavy atom. The third kappa shape index (κ3) is 3.95. The number of aromatic nitrogens is 2. The number of carbonyl (C=O) groups excluding carboxylic acids is 1. The number of benzene rings is 1. The molecule has 1 aromatic carbocycles. The van der Waals surface area contributed by atoms with E-state index in [-0.39, 0.29) is 5.91 Å². The minimum Gasteiger partial charge on any atom is -0.381 e. The molecule has 0 radical (unpaired) electrons. The van der Waals surface area contributed by atoms with Crippen LogP contribution in [0.5, 0.6) is 0 Å². The molecule has 1 aliphatic heterocycles. The number of hydrogen-bond donors (Lipinski definition) is 1. The summed E-state index contributed by atoms with van der Waals surface area (Å²) in [5.41, 5.74) is 3.48. The van der Waals surface area contributed by atoms with Gasteiger partial charge in [0.2, 0.25) is 6.10 Å². The SMILES string of the molecule is Cn1cc(/C=C/c2ccc(Cl)cc2)c2cc(NC(=O)C3CC(Br)=NO3)cnc21. The molecule has 3 aromatic rings. The van der Waals surface area contributed by atoms with Gasteiger partial charge in [-0.15, -0.1) is 0 Å². The van der Waals surface area contributed by atoms with Crippen molar-refractivity contribution in [2.45, 2.75) is 12.5 Å². The summed E-state index contributed by atoms with van der Waals surface area (Å²) in [4.78, 5) is 21.9. The second kappa shape index (κ2) is 7.77. The number of nitrogens with one attached hydrogen (secondary N) is 1. The first-order valence-electron chi connectivity index (χ1n) is 8.57. The second-order valence-electron chi connectivity index (χ2n) is 6.43. The molecule has 0 aliphatic carbocycles. The fraction of sp³-hybridized carbons (Fsp3) is 0.150. The Morgan fingerprint density at radius 3 is 2.86 bits per heavy atom. The lowest BCUT2D eigenvalue weighted by Gasteiger charge is -2.09.